The van der Waals surface area contributed by atoms with Crippen molar-refractivity contribution < 1.29 is 4.74 Å². The van der Waals surface area contributed by atoms with Gasteiger partial charge in [-0.25, -0.2) is 4.98 Å². The topological polar surface area (TPSA) is 53.1 Å². The molecule has 2 aromatic rings. The van der Waals surface area contributed by atoms with Gasteiger partial charge in [-0.1, -0.05) is 19.9 Å². The molecule has 1 aromatic carbocycles. The molecule has 1 fully saturated rings. The van der Waals surface area contributed by atoms with E-state index in [2.05, 4.69) is 36.6 Å². The Morgan fingerprint density at radius 2 is 2.30 bits per heavy atom. The number of fused-ring (bicyclic) bond motifs is 1. The van der Waals surface area contributed by atoms with Crippen molar-refractivity contribution in [3.63, 3.8) is 0 Å². The SMILES string of the molecule is CCCn1c(C2OCCC2C)nc2cc(CN)ccc21. The summed E-state index contributed by atoms with van der Waals surface area (Å²) in [5.74, 6) is 1.62. The first-order valence-electron chi connectivity index (χ1n) is 7.55. The van der Waals surface area contributed by atoms with Crippen molar-refractivity contribution in [3.8, 4) is 0 Å². The highest BCUT2D eigenvalue weighted by atomic mass is 16.5. The van der Waals surface area contributed by atoms with Crippen molar-refractivity contribution in [2.24, 2.45) is 11.7 Å². The fourth-order valence-electron chi connectivity index (χ4n) is 3.02. The molecule has 2 unspecified atom stereocenters. The van der Waals surface area contributed by atoms with Crippen LogP contribution in [0.2, 0.25) is 0 Å². The van der Waals surface area contributed by atoms with Crippen molar-refractivity contribution in [2.45, 2.75) is 45.9 Å². The van der Waals surface area contributed by atoms with Crippen molar-refractivity contribution in [3.05, 3.63) is 29.6 Å². The van der Waals surface area contributed by atoms with Gasteiger partial charge in [0.15, 0.2) is 0 Å². The van der Waals surface area contributed by atoms with Gasteiger partial charge >= 0.3 is 0 Å². The normalized spacial score (nSPS) is 22.8. The van der Waals surface area contributed by atoms with Gasteiger partial charge in [-0.2, -0.15) is 0 Å². The summed E-state index contributed by atoms with van der Waals surface area (Å²) in [6.07, 6.45) is 2.35. The Labute approximate surface area is 119 Å². The van der Waals surface area contributed by atoms with Gasteiger partial charge in [-0.3, -0.25) is 0 Å². The van der Waals surface area contributed by atoms with Gasteiger partial charge < -0.3 is 15.0 Å². The summed E-state index contributed by atoms with van der Waals surface area (Å²) in [6, 6.07) is 6.34. The minimum Gasteiger partial charge on any atom is -0.370 e. The van der Waals surface area contributed by atoms with Crippen molar-refractivity contribution >= 4 is 11.0 Å². The smallest absolute Gasteiger partial charge is 0.139 e. The number of ether oxygens (including phenoxy) is 1. The van der Waals surface area contributed by atoms with E-state index in [1.165, 1.54) is 5.52 Å². The number of aryl methyl sites for hydroxylation is 1. The van der Waals surface area contributed by atoms with Gasteiger partial charge in [-0.15, -0.1) is 0 Å². The van der Waals surface area contributed by atoms with Crippen molar-refractivity contribution in [1.82, 2.24) is 9.55 Å². The van der Waals surface area contributed by atoms with Crippen LogP contribution >= 0.6 is 0 Å². The molecule has 4 heteroatoms. The highest BCUT2D eigenvalue weighted by Gasteiger charge is 2.30. The molecule has 4 nitrogen and oxygen atoms in total. The molecule has 1 aromatic heterocycles. The van der Waals surface area contributed by atoms with Gasteiger partial charge in [0, 0.05) is 19.7 Å². The van der Waals surface area contributed by atoms with E-state index >= 15 is 0 Å². The molecule has 1 saturated heterocycles. The van der Waals surface area contributed by atoms with Gasteiger partial charge in [-0.05, 0) is 36.5 Å². The van der Waals surface area contributed by atoms with Gasteiger partial charge in [0.05, 0.1) is 11.0 Å². The summed E-state index contributed by atoms with van der Waals surface area (Å²) >= 11 is 0. The van der Waals surface area contributed by atoms with Crippen LogP contribution in [0.4, 0.5) is 0 Å². The summed E-state index contributed by atoms with van der Waals surface area (Å²) in [7, 11) is 0. The maximum absolute atomic E-state index is 5.92. The summed E-state index contributed by atoms with van der Waals surface area (Å²) in [5, 5.41) is 0. The standard InChI is InChI=1S/C16H23N3O/c1-3-7-19-14-5-4-12(10-17)9-13(14)18-16(19)15-11(2)6-8-20-15/h4-5,9,11,15H,3,6-8,10,17H2,1-2H3. The largest absolute Gasteiger partial charge is 0.370 e. The van der Waals surface area contributed by atoms with E-state index in [-0.39, 0.29) is 6.10 Å². The summed E-state index contributed by atoms with van der Waals surface area (Å²) in [5.41, 5.74) is 9.10. The van der Waals surface area contributed by atoms with Gasteiger partial charge in [0.2, 0.25) is 0 Å². The van der Waals surface area contributed by atoms with Gasteiger partial charge in [0.25, 0.3) is 0 Å². The highest BCUT2D eigenvalue weighted by Crippen LogP contribution is 2.35. The van der Waals surface area contributed by atoms with Crippen LogP contribution in [-0.2, 0) is 17.8 Å². The summed E-state index contributed by atoms with van der Waals surface area (Å²) in [4.78, 5) is 4.85. The zero-order valence-electron chi connectivity index (χ0n) is 12.3. The Hall–Kier alpha value is -1.39. The number of hydrogen-bond acceptors (Lipinski definition) is 3. The van der Waals surface area contributed by atoms with Crippen LogP contribution in [0.3, 0.4) is 0 Å². The molecular formula is C16H23N3O. The number of hydrogen-bond donors (Lipinski definition) is 1. The third kappa shape index (κ3) is 2.23. The molecule has 0 spiro atoms. The average Bonchev–Trinajstić information content (AvgIpc) is 3.02. The molecule has 1 aliphatic heterocycles. The summed E-state index contributed by atoms with van der Waals surface area (Å²) in [6.45, 7) is 6.83. The van der Waals surface area contributed by atoms with E-state index in [1.807, 2.05) is 0 Å². The third-order valence-corrected chi connectivity index (χ3v) is 4.17. The Morgan fingerprint density at radius 3 is 2.95 bits per heavy atom. The molecule has 0 aliphatic carbocycles. The van der Waals surface area contributed by atoms with Crippen LogP contribution in [-0.4, -0.2) is 16.2 Å². The zero-order chi connectivity index (χ0) is 14.1. The molecule has 20 heavy (non-hydrogen) atoms. The van der Waals surface area contributed by atoms with E-state index in [9.17, 15) is 0 Å². The Balaban J connectivity index is 2.11. The fraction of sp³-hybridized carbons (Fsp3) is 0.562. The molecule has 2 N–H and O–H groups in total. The van der Waals surface area contributed by atoms with E-state index in [1.54, 1.807) is 0 Å². The maximum Gasteiger partial charge on any atom is 0.139 e. The molecular weight excluding hydrogens is 250 g/mol. The van der Waals surface area contributed by atoms with Crippen LogP contribution in [0.15, 0.2) is 18.2 Å². The molecule has 3 rings (SSSR count). The van der Waals surface area contributed by atoms with E-state index in [0.29, 0.717) is 12.5 Å². The first-order chi connectivity index (χ1) is 9.74. The molecule has 0 amide bonds. The molecule has 0 bridgehead atoms. The first-order valence-corrected chi connectivity index (χ1v) is 7.55. The summed E-state index contributed by atoms with van der Waals surface area (Å²) < 4.78 is 8.24. The monoisotopic (exact) mass is 273 g/mol. The molecule has 108 valence electrons. The van der Waals surface area contributed by atoms with Crippen LogP contribution < -0.4 is 5.73 Å². The van der Waals surface area contributed by atoms with Gasteiger partial charge in [0.1, 0.15) is 11.9 Å². The minimum atomic E-state index is 0.135. The molecule has 0 radical (unpaired) electrons. The maximum atomic E-state index is 5.92. The lowest BCUT2D eigenvalue weighted by Gasteiger charge is -2.16. The number of rotatable bonds is 4. The van der Waals surface area contributed by atoms with Crippen LogP contribution in [0.25, 0.3) is 11.0 Å². The fourth-order valence-corrected chi connectivity index (χ4v) is 3.02. The van der Waals surface area contributed by atoms with Crippen LogP contribution in [0.5, 0.6) is 0 Å². The lowest BCUT2D eigenvalue weighted by atomic mass is 10.0. The molecule has 2 heterocycles. The van der Waals surface area contributed by atoms with E-state index in [4.69, 9.17) is 15.5 Å². The second kappa shape index (κ2) is 5.54. The zero-order valence-corrected chi connectivity index (χ0v) is 12.3. The Morgan fingerprint density at radius 1 is 1.45 bits per heavy atom. The van der Waals surface area contributed by atoms with Crippen molar-refractivity contribution in [2.75, 3.05) is 6.61 Å². The lowest BCUT2D eigenvalue weighted by Crippen LogP contribution is -2.12. The van der Waals surface area contributed by atoms with Crippen LogP contribution in [0, 0.1) is 5.92 Å². The number of benzene rings is 1. The Kier molecular flexibility index (Phi) is 3.76. The number of nitrogens with zero attached hydrogens (tertiary/aromatic N) is 2. The Bertz CT molecular complexity index is 605. The predicted octanol–water partition coefficient (Wildman–Crippen LogP) is 3.00. The van der Waals surface area contributed by atoms with E-state index < -0.39 is 0 Å². The number of nitrogens with two attached hydrogens (primary N) is 1. The number of aromatic nitrogens is 2. The molecule has 2 atom stereocenters. The number of imidazole rings is 1. The average molecular weight is 273 g/mol. The lowest BCUT2D eigenvalue weighted by molar-refractivity contribution is 0.0846. The third-order valence-electron chi connectivity index (χ3n) is 4.17. The second-order valence-electron chi connectivity index (χ2n) is 5.71. The molecule has 0 saturated carbocycles. The van der Waals surface area contributed by atoms with Crippen molar-refractivity contribution in [1.29, 1.82) is 0 Å². The second-order valence-corrected chi connectivity index (χ2v) is 5.71. The first kappa shape index (κ1) is 13.6. The highest BCUT2D eigenvalue weighted by molar-refractivity contribution is 5.77. The van der Waals surface area contributed by atoms with E-state index in [0.717, 1.165) is 42.9 Å². The van der Waals surface area contributed by atoms with Crippen LogP contribution in [0.1, 0.15) is 44.2 Å². The predicted molar refractivity (Wildman–Crippen MR) is 80.4 cm³/mol. The molecule has 1 aliphatic rings. The quantitative estimate of drug-likeness (QED) is 0.931. The minimum absolute atomic E-state index is 0.135.